The molecule has 0 radical (unpaired) electrons. The van der Waals surface area contributed by atoms with Gasteiger partial charge in [0.15, 0.2) is 0 Å². The normalized spacial score (nSPS) is 21.9. The fourth-order valence-electron chi connectivity index (χ4n) is 4.38. The predicted octanol–water partition coefficient (Wildman–Crippen LogP) is 1.47. The SMILES string of the molecule is O=CCCCNC(=O)C(CCCCNC(=O)CCCCC1SCC2NC(=O)CC21)NC(=O)CI. The monoisotopic (exact) mass is 608 g/mol. The van der Waals surface area contributed by atoms with E-state index >= 15 is 0 Å². The highest BCUT2D eigenvalue weighted by Crippen LogP contribution is 2.40. The minimum atomic E-state index is -0.604. The predicted molar refractivity (Wildman–Crippen MR) is 141 cm³/mol. The molecule has 9 nitrogen and oxygen atoms in total. The van der Waals surface area contributed by atoms with E-state index in [9.17, 15) is 24.0 Å². The number of hydrogen-bond donors (Lipinski definition) is 4. The number of thioether (sulfide) groups is 1. The first-order chi connectivity index (χ1) is 16.4. The first-order valence-electron chi connectivity index (χ1n) is 12.2. The number of halogens is 1. The van der Waals surface area contributed by atoms with Gasteiger partial charge in [0, 0.05) is 55.3 Å². The van der Waals surface area contributed by atoms with Gasteiger partial charge in [-0.05, 0) is 38.5 Å². The summed E-state index contributed by atoms with van der Waals surface area (Å²) in [5.41, 5.74) is 0. The number of rotatable bonds is 17. The second-order valence-corrected chi connectivity index (χ2v) is 10.9. The van der Waals surface area contributed by atoms with Gasteiger partial charge in [0.1, 0.15) is 12.3 Å². The Morgan fingerprint density at radius 2 is 1.88 bits per heavy atom. The molecule has 0 aromatic heterocycles. The summed E-state index contributed by atoms with van der Waals surface area (Å²) in [7, 11) is 0. The largest absolute Gasteiger partial charge is 0.356 e. The van der Waals surface area contributed by atoms with Crippen molar-refractivity contribution >= 4 is 64.3 Å². The second-order valence-electron chi connectivity index (χ2n) is 8.86. The Morgan fingerprint density at radius 1 is 1.09 bits per heavy atom. The average molecular weight is 609 g/mol. The van der Waals surface area contributed by atoms with Crippen LogP contribution < -0.4 is 21.3 Å². The molecule has 0 spiro atoms. The molecule has 2 heterocycles. The van der Waals surface area contributed by atoms with Crippen LogP contribution in [-0.2, 0) is 24.0 Å². The number of fused-ring (bicyclic) bond motifs is 1. The summed E-state index contributed by atoms with van der Waals surface area (Å²) in [5.74, 6) is 1.24. The molecule has 2 aliphatic rings. The summed E-state index contributed by atoms with van der Waals surface area (Å²) < 4.78 is 0.276. The standard InChI is InChI=1S/C23H37IN4O5S/c24-14-22(32)27-17(23(33)26-11-5-6-12-29)7-3-4-10-25-20(30)9-2-1-8-19-16-13-21(31)28-18(16)15-34-19/h12,16-19H,1-11,13-15H2,(H,25,30)(H,26,33)(H,27,32)(H,28,31). The summed E-state index contributed by atoms with van der Waals surface area (Å²) in [6.45, 7) is 0.947. The number of carbonyl (C=O) groups excluding carboxylic acids is 5. The smallest absolute Gasteiger partial charge is 0.242 e. The molecule has 4 unspecified atom stereocenters. The van der Waals surface area contributed by atoms with Crippen LogP contribution in [0.2, 0.25) is 0 Å². The van der Waals surface area contributed by atoms with Crippen LogP contribution in [0.5, 0.6) is 0 Å². The van der Waals surface area contributed by atoms with Crippen LogP contribution in [0, 0.1) is 5.92 Å². The molecular formula is C23H37IN4O5S. The molecule has 4 amide bonds. The zero-order chi connectivity index (χ0) is 24.8. The zero-order valence-corrected chi connectivity index (χ0v) is 22.6. The van der Waals surface area contributed by atoms with Crippen molar-refractivity contribution in [1.29, 1.82) is 0 Å². The summed E-state index contributed by atoms with van der Waals surface area (Å²) in [5, 5.41) is 12.0. The van der Waals surface area contributed by atoms with E-state index < -0.39 is 6.04 Å². The van der Waals surface area contributed by atoms with E-state index in [1.807, 2.05) is 34.4 Å². The van der Waals surface area contributed by atoms with Gasteiger partial charge in [-0.15, -0.1) is 0 Å². The molecule has 0 aromatic carbocycles. The summed E-state index contributed by atoms with van der Waals surface area (Å²) >= 11 is 3.90. The van der Waals surface area contributed by atoms with Crippen molar-refractivity contribution in [1.82, 2.24) is 21.3 Å². The van der Waals surface area contributed by atoms with Crippen molar-refractivity contribution in [3.63, 3.8) is 0 Å². The van der Waals surface area contributed by atoms with Crippen molar-refractivity contribution < 1.29 is 24.0 Å². The van der Waals surface area contributed by atoms with Crippen molar-refractivity contribution in [3.05, 3.63) is 0 Å². The van der Waals surface area contributed by atoms with E-state index in [-0.39, 0.29) is 28.1 Å². The highest BCUT2D eigenvalue weighted by atomic mass is 127. The van der Waals surface area contributed by atoms with Gasteiger partial charge in [-0.25, -0.2) is 0 Å². The van der Waals surface area contributed by atoms with Crippen molar-refractivity contribution in [3.8, 4) is 0 Å². The number of aldehydes is 1. The number of unbranched alkanes of at least 4 members (excludes halogenated alkanes) is 3. The Balaban J connectivity index is 1.54. The minimum absolute atomic E-state index is 0.0392. The first-order valence-corrected chi connectivity index (χ1v) is 14.8. The minimum Gasteiger partial charge on any atom is -0.356 e. The molecule has 34 heavy (non-hydrogen) atoms. The third kappa shape index (κ3) is 10.5. The topological polar surface area (TPSA) is 133 Å². The van der Waals surface area contributed by atoms with E-state index in [4.69, 9.17) is 0 Å². The lowest BCUT2D eigenvalue weighted by Crippen LogP contribution is -2.47. The molecule has 2 fully saturated rings. The molecule has 2 saturated heterocycles. The molecule has 2 aliphatic heterocycles. The van der Waals surface area contributed by atoms with Gasteiger partial charge in [-0.1, -0.05) is 29.0 Å². The van der Waals surface area contributed by atoms with Crippen molar-refractivity contribution in [2.24, 2.45) is 5.92 Å². The number of nitrogens with one attached hydrogen (secondary N) is 4. The lowest BCUT2D eigenvalue weighted by atomic mass is 9.94. The Bertz CT molecular complexity index is 711. The quantitative estimate of drug-likeness (QED) is 0.0856. The summed E-state index contributed by atoms with van der Waals surface area (Å²) in [6.07, 6.45) is 7.73. The third-order valence-electron chi connectivity index (χ3n) is 6.21. The van der Waals surface area contributed by atoms with Crippen molar-refractivity contribution in [2.75, 3.05) is 23.3 Å². The maximum Gasteiger partial charge on any atom is 0.242 e. The Labute approximate surface area is 219 Å². The van der Waals surface area contributed by atoms with Crippen LogP contribution in [0.15, 0.2) is 0 Å². The Kier molecular flexibility index (Phi) is 13.9. The molecule has 2 rings (SSSR count). The molecule has 11 heteroatoms. The third-order valence-corrected chi connectivity index (χ3v) is 8.46. The maximum absolute atomic E-state index is 12.3. The Morgan fingerprint density at radius 3 is 2.65 bits per heavy atom. The fraction of sp³-hybridized carbons (Fsp3) is 0.783. The molecule has 192 valence electrons. The zero-order valence-electron chi connectivity index (χ0n) is 19.6. The van der Waals surface area contributed by atoms with Crippen LogP contribution in [0.3, 0.4) is 0 Å². The molecule has 4 N–H and O–H groups in total. The van der Waals surface area contributed by atoms with Gasteiger partial charge < -0.3 is 26.1 Å². The Hall–Kier alpha value is -1.37. The summed E-state index contributed by atoms with van der Waals surface area (Å²) in [6, 6.07) is -0.263. The number of hydrogen-bond acceptors (Lipinski definition) is 6. The van der Waals surface area contributed by atoms with E-state index in [1.165, 1.54) is 0 Å². The first kappa shape index (κ1) is 28.9. The van der Waals surface area contributed by atoms with E-state index in [0.29, 0.717) is 68.8 Å². The molecule has 0 saturated carbocycles. The number of amides is 4. The molecule has 0 bridgehead atoms. The van der Waals surface area contributed by atoms with Gasteiger partial charge in [0.05, 0.1) is 4.43 Å². The number of alkyl halides is 1. The van der Waals surface area contributed by atoms with Crippen molar-refractivity contribution in [2.45, 2.75) is 81.5 Å². The average Bonchev–Trinajstić information content (AvgIpc) is 3.37. The van der Waals surface area contributed by atoms with Gasteiger partial charge in [0.2, 0.25) is 23.6 Å². The van der Waals surface area contributed by atoms with Crippen LogP contribution in [-0.4, -0.2) is 70.5 Å². The highest BCUT2D eigenvalue weighted by Gasteiger charge is 2.42. The van der Waals surface area contributed by atoms with E-state index in [2.05, 4.69) is 21.3 Å². The van der Waals surface area contributed by atoms with Gasteiger partial charge >= 0.3 is 0 Å². The van der Waals surface area contributed by atoms with Crippen LogP contribution in [0.25, 0.3) is 0 Å². The fourth-order valence-corrected chi connectivity index (χ4v) is 6.25. The molecule has 4 atom stereocenters. The van der Waals surface area contributed by atoms with Crippen LogP contribution in [0.4, 0.5) is 0 Å². The number of carbonyl (C=O) groups is 5. The second kappa shape index (κ2) is 16.3. The van der Waals surface area contributed by atoms with Crippen LogP contribution in [0.1, 0.15) is 64.2 Å². The molecule has 0 aliphatic carbocycles. The lowest BCUT2D eigenvalue weighted by molar-refractivity contribution is -0.128. The van der Waals surface area contributed by atoms with Gasteiger partial charge in [0.25, 0.3) is 0 Å². The van der Waals surface area contributed by atoms with Crippen LogP contribution >= 0.6 is 34.4 Å². The van der Waals surface area contributed by atoms with Gasteiger partial charge in [-0.3, -0.25) is 19.2 Å². The molecular weight excluding hydrogens is 571 g/mol. The summed E-state index contributed by atoms with van der Waals surface area (Å²) in [4.78, 5) is 58.1. The van der Waals surface area contributed by atoms with Gasteiger partial charge in [-0.2, -0.15) is 11.8 Å². The maximum atomic E-state index is 12.3. The van der Waals surface area contributed by atoms with E-state index in [1.54, 1.807) is 0 Å². The molecule has 0 aromatic rings. The van der Waals surface area contributed by atoms with E-state index in [0.717, 1.165) is 37.7 Å². The highest BCUT2D eigenvalue weighted by molar-refractivity contribution is 14.1. The lowest BCUT2D eigenvalue weighted by Gasteiger charge is -2.18.